The fourth-order valence-electron chi connectivity index (χ4n) is 6.41. The molecule has 0 saturated heterocycles. The molecular weight excluding hydrogens is 382 g/mol. The van der Waals surface area contributed by atoms with Crippen LogP contribution in [0.4, 0.5) is 5.69 Å². The number of nitrogens with zero attached hydrogens (tertiary/aromatic N) is 1. The molecule has 1 atom stereocenters. The van der Waals surface area contributed by atoms with Crippen molar-refractivity contribution >= 4 is 33.0 Å². The number of hydrogen-bond donors (Lipinski definition) is 0. The van der Waals surface area contributed by atoms with Gasteiger partial charge in [-0.15, -0.1) is 0 Å². The average Bonchev–Trinajstić information content (AvgIpc) is 2.95. The molecule has 1 aromatic carbocycles. The molecule has 0 unspecified atom stereocenters. The maximum absolute atomic E-state index is 13.9. The molecular formula is C21H24ClNO3S. The van der Waals surface area contributed by atoms with E-state index in [0.717, 1.165) is 24.9 Å². The summed E-state index contributed by atoms with van der Waals surface area (Å²) in [6.07, 6.45) is 8.37. The number of anilines is 1. The van der Waals surface area contributed by atoms with E-state index in [9.17, 15) is 13.2 Å². The topological polar surface area (TPSA) is 54.5 Å². The number of sulfone groups is 1. The second kappa shape index (κ2) is 6.08. The van der Waals surface area contributed by atoms with E-state index in [1.807, 2.05) is 12.1 Å². The van der Waals surface area contributed by atoms with Crippen molar-refractivity contribution in [2.75, 3.05) is 10.7 Å². The van der Waals surface area contributed by atoms with Crippen LogP contribution in [0.2, 0.25) is 5.02 Å². The number of carbonyl (C=O) groups is 1. The zero-order valence-electron chi connectivity index (χ0n) is 15.2. The highest BCUT2D eigenvalue weighted by atomic mass is 35.5. The van der Waals surface area contributed by atoms with E-state index in [0.29, 0.717) is 22.8 Å². The van der Waals surface area contributed by atoms with Crippen molar-refractivity contribution in [3.05, 3.63) is 40.8 Å². The monoisotopic (exact) mass is 405 g/mol. The third-order valence-corrected chi connectivity index (χ3v) is 8.69. The van der Waals surface area contributed by atoms with Gasteiger partial charge in [0.15, 0.2) is 9.84 Å². The number of amides is 1. The van der Waals surface area contributed by atoms with Gasteiger partial charge < -0.3 is 4.90 Å². The standard InChI is InChI=1S/C21H24ClNO3S/c22-17-1-3-18(4-2-17)23(19-5-6-27(25,26)13-19)20(24)21-10-14-7-15(11-21)9-16(8-14)12-21/h1-6,14-16,19H,7-13H2/t14?,15?,16?,19-,21?/m1/s1. The number of hydrogen-bond acceptors (Lipinski definition) is 3. The molecule has 0 aromatic heterocycles. The minimum atomic E-state index is -3.25. The Morgan fingerprint density at radius 1 is 1.00 bits per heavy atom. The second-order valence-corrected chi connectivity index (χ2v) is 11.4. The van der Waals surface area contributed by atoms with Crippen molar-refractivity contribution in [3.8, 4) is 0 Å². The Bertz CT molecular complexity index is 871. The quantitative estimate of drug-likeness (QED) is 0.757. The number of rotatable bonds is 3. The maximum Gasteiger partial charge on any atom is 0.233 e. The lowest BCUT2D eigenvalue weighted by molar-refractivity contribution is -0.143. The minimum Gasteiger partial charge on any atom is -0.304 e. The largest absolute Gasteiger partial charge is 0.304 e. The molecule has 0 N–H and O–H groups in total. The molecule has 144 valence electrons. The lowest BCUT2D eigenvalue weighted by Gasteiger charge is -2.57. The van der Waals surface area contributed by atoms with E-state index in [1.165, 1.54) is 24.7 Å². The molecule has 1 heterocycles. The number of carbonyl (C=O) groups excluding carboxylic acids is 1. The van der Waals surface area contributed by atoms with Gasteiger partial charge >= 0.3 is 0 Å². The van der Waals surface area contributed by atoms with E-state index in [1.54, 1.807) is 23.1 Å². The van der Waals surface area contributed by atoms with Crippen LogP contribution in [0.5, 0.6) is 0 Å². The summed E-state index contributed by atoms with van der Waals surface area (Å²) >= 11 is 6.04. The molecule has 4 aliphatic carbocycles. The Balaban J connectivity index is 1.53. The molecule has 4 fully saturated rings. The van der Waals surface area contributed by atoms with Gasteiger partial charge in [0.2, 0.25) is 5.91 Å². The van der Waals surface area contributed by atoms with Crippen LogP contribution in [-0.4, -0.2) is 26.1 Å². The molecule has 0 radical (unpaired) electrons. The van der Waals surface area contributed by atoms with Gasteiger partial charge in [-0.25, -0.2) is 8.42 Å². The predicted molar refractivity (Wildman–Crippen MR) is 106 cm³/mol. The van der Waals surface area contributed by atoms with Gasteiger partial charge in [-0.05, 0) is 86.6 Å². The summed E-state index contributed by atoms with van der Waals surface area (Å²) in [5.41, 5.74) is 0.432. The normalized spacial score (nSPS) is 38.3. The molecule has 6 rings (SSSR count). The van der Waals surface area contributed by atoms with Crippen LogP contribution in [0.3, 0.4) is 0 Å². The summed E-state index contributed by atoms with van der Waals surface area (Å²) in [5.74, 6) is 2.07. The molecule has 1 aliphatic heterocycles. The van der Waals surface area contributed by atoms with Gasteiger partial charge in [-0.2, -0.15) is 0 Å². The molecule has 5 aliphatic rings. The van der Waals surface area contributed by atoms with Crippen LogP contribution < -0.4 is 4.90 Å². The maximum atomic E-state index is 13.9. The predicted octanol–water partition coefficient (Wildman–Crippen LogP) is 4.20. The molecule has 4 saturated carbocycles. The molecule has 27 heavy (non-hydrogen) atoms. The van der Waals surface area contributed by atoms with E-state index in [4.69, 9.17) is 11.6 Å². The van der Waals surface area contributed by atoms with E-state index < -0.39 is 15.9 Å². The van der Waals surface area contributed by atoms with Crippen LogP contribution in [0.15, 0.2) is 35.7 Å². The highest BCUT2D eigenvalue weighted by Gasteiger charge is 2.56. The van der Waals surface area contributed by atoms with Gasteiger partial charge in [0.05, 0.1) is 17.2 Å². The number of benzene rings is 1. The van der Waals surface area contributed by atoms with Crippen molar-refractivity contribution in [2.45, 2.75) is 44.6 Å². The van der Waals surface area contributed by atoms with E-state index >= 15 is 0 Å². The zero-order valence-corrected chi connectivity index (χ0v) is 16.8. The van der Waals surface area contributed by atoms with Crippen molar-refractivity contribution in [1.82, 2.24) is 0 Å². The Labute approximate surface area is 165 Å². The summed E-state index contributed by atoms with van der Waals surface area (Å²) in [4.78, 5) is 15.7. The first kappa shape index (κ1) is 17.7. The van der Waals surface area contributed by atoms with Gasteiger partial charge in [0.25, 0.3) is 0 Å². The summed E-state index contributed by atoms with van der Waals surface area (Å²) in [7, 11) is -3.25. The molecule has 4 bridgehead atoms. The molecule has 0 spiro atoms. The van der Waals surface area contributed by atoms with Gasteiger partial charge in [0, 0.05) is 16.1 Å². The number of halogens is 1. The SMILES string of the molecule is O=C(N(c1ccc(Cl)cc1)[C@@H]1C=CS(=O)(=O)C1)C12CC3CC(CC(C3)C1)C2. The third-order valence-electron chi connectivity index (χ3n) is 7.06. The van der Waals surface area contributed by atoms with Gasteiger partial charge in [-0.1, -0.05) is 11.6 Å². The lowest BCUT2D eigenvalue weighted by Crippen LogP contribution is -2.57. The fourth-order valence-corrected chi connectivity index (χ4v) is 7.80. The summed E-state index contributed by atoms with van der Waals surface area (Å²) in [5, 5.41) is 1.86. The second-order valence-electron chi connectivity index (χ2n) is 9.07. The lowest BCUT2D eigenvalue weighted by atomic mass is 9.49. The average molecular weight is 406 g/mol. The van der Waals surface area contributed by atoms with Crippen LogP contribution in [0.1, 0.15) is 38.5 Å². The summed E-state index contributed by atoms with van der Waals surface area (Å²) in [6.45, 7) is 0. The first-order valence-electron chi connectivity index (χ1n) is 9.84. The zero-order chi connectivity index (χ0) is 18.8. The van der Waals surface area contributed by atoms with Crippen molar-refractivity contribution < 1.29 is 13.2 Å². The van der Waals surface area contributed by atoms with E-state index in [-0.39, 0.29) is 17.1 Å². The first-order valence-corrected chi connectivity index (χ1v) is 11.9. The molecule has 1 aromatic rings. The van der Waals surface area contributed by atoms with Gasteiger partial charge in [0.1, 0.15) is 0 Å². The molecule has 1 amide bonds. The van der Waals surface area contributed by atoms with E-state index in [2.05, 4.69) is 0 Å². The Morgan fingerprint density at radius 2 is 1.56 bits per heavy atom. The first-order chi connectivity index (χ1) is 12.8. The summed E-state index contributed by atoms with van der Waals surface area (Å²) < 4.78 is 24.1. The van der Waals surface area contributed by atoms with Crippen molar-refractivity contribution in [1.29, 1.82) is 0 Å². The van der Waals surface area contributed by atoms with Crippen LogP contribution in [0, 0.1) is 23.2 Å². The molecule has 6 heteroatoms. The van der Waals surface area contributed by atoms with Crippen LogP contribution in [-0.2, 0) is 14.6 Å². The van der Waals surface area contributed by atoms with Crippen LogP contribution >= 0.6 is 11.6 Å². The summed E-state index contributed by atoms with van der Waals surface area (Å²) in [6, 6.07) is 6.77. The Kier molecular flexibility index (Phi) is 4.00. The van der Waals surface area contributed by atoms with Crippen molar-refractivity contribution in [3.63, 3.8) is 0 Å². The highest BCUT2D eigenvalue weighted by Crippen LogP contribution is 2.60. The van der Waals surface area contributed by atoms with Gasteiger partial charge in [-0.3, -0.25) is 4.79 Å². The third kappa shape index (κ3) is 3.03. The minimum absolute atomic E-state index is 0.0340. The van der Waals surface area contributed by atoms with Crippen molar-refractivity contribution in [2.24, 2.45) is 23.2 Å². The fraction of sp³-hybridized carbons (Fsp3) is 0.571. The Morgan fingerprint density at radius 3 is 2.04 bits per heavy atom. The smallest absolute Gasteiger partial charge is 0.233 e. The highest BCUT2D eigenvalue weighted by molar-refractivity contribution is 7.94. The molecule has 4 nitrogen and oxygen atoms in total. The van der Waals surface area contributed by atoms with Crippen LogP contribution in [0.25, 0.3) is 0 Å². The Hall–Kier alpha value is -1.33.